The van der Waals surface area contributed by atoms with Crippen LogP contribution in [0, 0.1) is 13.8 Å². The van der Waals surface area contributed by atoms with Crippen molar-refractivity contribution in [1.29, 1.82) is 0 Å². The zero-order valence-corrected chi connectivity index (χ0v) is 11.2. The number of nitrogens with two attached hydrogens (primary N) is 1. The maximum absolute atomic E-state index is 10.2. The number of hydrogen-bond acceptors (Lipinski definition) is 2. The average molecular weight is 235 g/mol. The standard InChI is InChI=1S/C15H25NO/c1-4-5-6-15(17)14(10-16)13-8-7-11(2)12(3)9-13/h7-9,14-15,17H,4-6,10,16H2,1-3H3. The fourth-order valence-electron chi connectivity index (χ4n) is 2.13. The maximum Gasteiger partial charge on any atom is 0.0620 e. The summed E-state index contributed by atoms with van der Waals surface area (Å²) in [4.78, 5) is 0. The molecule has 2 unspecified atom stereocenters. The summed E-state index contributed by atoms with van der Waals surface area (Å²) in [5.74, 6) is 0.0702. The van der Waals surface area contributed by atoms with Crippen molar-refractivity contribution in [1.82, 2.24) is 0 Å². The van der Waals surface area contributed by atoms with E-state index in [1.54, 1.807) is 0 Å². The molecule has 0 aliphatic rings. The van der Waals surface area contributed by atoms with Gasteiger partial charge in [-0.3, -0.25) is 0 Å². The van der Waals surface area contributed by atoms with Crippen LogP contribution in [-0.2, 0) is 0 Å². The smallest absolute Gasteiger partial charge is 0.0620 e. The molecular weight excluding hydrogens is 210 g/mol. The quantitative estimate of drug-likeness (QED) is 0.796. The first kappa shape index (κ1) is 14.2. The predicted molar refractivity (Wildman–Crippen MR) is 73.2 cm³/mol. The van der Waals surface area contributed by atoms with Gasteiger partial charge in [0.2, 0.25) is 0 Å². The van der Waals surface area contributed by atoms with Crippen LogP contribution in [0.3, 0.4) is 0 Å². The van der Waals surface area contributed by atoms with E-state index in [1.165, 1.54) is 16.7 Å². The fourth-order valence-corrected chi connectivity index (χ4v) is 2.13. The lowest BCUT2D eigenvalue weighted by molar-refractivity contribution is 0.133. The third-order valence-electron chi connectivity index (χ3n) is 3.53. The number of aliphatic hydroxyl groups is 1. The van der Waals surface area contributed by atoms with Crippen molar-refractivity contribution in [2.45, 2.75) is 52.1 Å². The molecule has 0 heterocycles. The lowest BCUT2D eigenvalue weighted by atomic mass is 9.89. The summed E-state index contributed by atoms with van der Waals surface area (Å²) in [6, 6.07) is 6.36. The maximum atomic E-state index is 10.2. The zero-order valence-electron chi connectivity index (χ0n) is 11.2. The molecule has 0 radical (unpaired) electrons. The van der Waals surface area contributed by atoms with Crippen molar-refractivity contribution in [2.75, 3.05) is 6.54 Å². The second kappa shape index (κ2) is 6.77. The van der Waals surface area contributed by atoms with Gasteiger partial charge in [-0.15, -0.1) is 0 Å². The molecule has 2 atom stereocenters. The van der Waals surface area contributed by atoms with E-state index >= 15 is 0 Å². The molecule has 0 amide bonds. The van der Waals surface area contributed by atoms with Crippen LogP contribution in [0.2, 0.25) is 0 Å². The first-order chi connectivity index (χ1) is 8.10. The molecule has 0 saturated carbocycles. The van der Waals surface area contributed by atoms with Gasteiger partial charge in [-0.25, -0.2) is 0 Å². The monoisotopic (exact) mass is 235 g/mol. The van der Waals surface area contributed by atoms with E-state index in [9.17, 15) is 5.11 Å². The summed E-state index contributed by atoms with van der Waals surface area (Å²) in [6.07, 6.45) is 2.69. The minimum absolute atomic E-state index is 0.0702. The minimum atomic E-state index is -0.318. The molecule has 0 aliphatic carbocycles. The van der Waals surface area contributed by atoms with Crippen LogP contribution in [0.25, 0.3) is 0 Å². The summed E-state index contributed by atoms with van der Waals surface area (Å²) < 4.78 is 0. The molecule has 0 fully saturated rings. The Kier molecular flexibility index (Phi) is 5.66. The third-order valence-corrected chi connectivity index (χ3v) is 3.53. The van der Waals surface area contributed by atoms with Crippen LogP contribution in [0.4, 0.5) is 0 Å². The van der Waals surface area contributed by atoms with Crippen LogP contribution in [0.15, 0.2) is 18.2 Å². The second-order valence-electron chi connectivity index (χ2n) is 4.90. The van der Waals surface area contributed by atoms with E-state index in [1.807, 2.05) is 0 Å². The van der Waals surface area contributed by atoms with Gasteiger partial charge in [0.15, 0.2) is 0 Å². The van der Waals surface area contributed by atoms with E-state index in [-0.39, 0.29) is 12.0 Å². The van der Waals surface area contributed by atoms with Gasteiger partial charge in [0.1, 0.15) is 0 Å². The largest absolute Gasteiger partial charge is 0.392 e. The van der Waals surface area contributed by atoms with Crippen molar-refractivity contribution in [3.8, 4) is 0 Å². The summed E-state index contributed by atoms with van der Waals surface area (Å²) in [6.45, 7) is 6.85. The highest BCUT2D eigenvalue weighted by Gasteiger charge is 2.19. The minimum Gasteiger partial charge on any atom is -0.392 e. The summed E-state index contributed by atoms with van der Waals surface area (Å²) in [5, 5.41) is 10.2. The Morgan fingerprint density at radius 1 is 1.24 bits per heavy atom. The molecule has 1 rings (SSSR count). The lowest BCUT2D eigenvalue weighted by Crippen LogP contribution is -2.26. The van der Waals surface area contributed by atoms with Crippen LogP contribution < -0.4 is 5.73 Å². The SMILES string of the molecule is CCCCC(O)C(CN)c1ccc(C)c(C)c1. The number of aryl methyl sites for hydroxylation is 2. The lowest BCUT2D eigenvalue weighted by Gasteiger charge is -2.22. The van der Waals surface area contributed by atoms with Gasteiger partial charge in [0.05, 0.1) is 6.10 Å². The Morgan fingerprint density at radius 3 is 2.47 bits per heavy atom. The Bertz CT molecular complexity index is 349. The molecule has 2 heteroatoms. The van der Waals surface area contributed by atoms with Crippen molar-refractivity contribution < 1.29 is 5.11 Å². The van der Waals surface area contributed by atoms with E-state index < -0.39 is 0 Å². The molecule has 3 N–H and O–H groups in total. The van der Waals surface area contributed by atoms with E-state index in [0.717, 1.165) is 19.3 Å². The average Bonchev–Trinajstić information content (AvgIpc) is 2.32. The van der Waals surface area contributed by atoms with Gasteiger partial charge < -0.3 is 10.8 Å². The van der Waals surface area contributed by atoms with Gasteiger partial charge in [-0.1, -0.05) is 38.0 Å². The highest BCUT2D eigenvalue weighted by atomic mass is 16.3. The molecule has 2 nitrogen and oxygen atoms in total. The van der Waals surface area contributed by atoms with E-state index in [0.29, 0.717) is 6.54 Å². The van der Waals surface area contributed by atoms with Crippen LogP contribution in [-0.4, -0.2) is 17.8 Å². The van der Waals surface area contributed by atoms with Crippen molar-refractivity contribution in [2.24, 2.45) is 5.73 Å². The molecule has 0 bridgehead atoms. The van der Waals surface area contributed by atoms with Crippen molar-refractivity contribution in [3.63, 3.8) is 0 Å². The molecule has 0 aromatic heterocycles. The van der Waals surface area contributed by atoms with E-state index in [4.69, 9.17) is 5.73 Å². The molecule has 0 spiro atoms. The molecule has 1 aromatic rings. The molecular formula is C15H25NO. The van der Waals surface area contributed by atoms with Crippen LogP contribution >= 0.6 is 0 Å². The number of rotatable bonds is 6. The Morgan fingerprint density at radius 2 is 1.94 bits per heavy atom. The van der Waals surface area contributed by atoms with Gasteiger partial charge >= 0.3 is 0 Å². The van der Waals surface area contributed by atoms with Gasteiger partial charge in [0, 0.05) is 12.5 Å². The number of benzene rings is 1. The van der Waals surface area contributed by atoms with Gasteiger partial charge in [0.25, 0.3) is 0 Å². The van der Waals surface area contributed by atoms with Crippen LogP contribution in [0.1, 0.15) is 48.8 Å². The van der Waals surface area contributed by atoms with E-state index in [2.05, 4.69) is 39.0 Å². The molecule has 0 aliphatic heterocycles. The van der Waals surface area contributed by atoms with Crippen molar-refractivity contribution in [3.05, 3.63) is 34.9 Å². The van der Waals surface area contributed by atoms with Gasteiger partial charge in [-0.05, 0) is 37.0 Å². The predicted octanol–water partition coefficient (Wildman–Crippen LogP) is 2.90. The van der Waals surface area contributed by atoms with Crippen molar-refractivity contribution >= 4 is 0 Å². The Balaban J connectivity index is 2.81. The third kappa shape index (κ3) is 3.83. The Labute approximate surface area is 105 Å². The summed E-state index contributed by atoms with van der Waals surface area (Å²) in [5.41, 5.74) is 9.52. The highest BCUT2D eigenvalue weighted by molar-refractivity contribution is 5.32. The van der Waals surface area contributed by atoms with Gasteiger partial charge in [-0.2, -0.15) is 0 Å². The first-order valence-corrected chi connectivity index (χ1v) is 6.55. The highest BCUT2D eigenvalue weighted by Crippen LogP contribution is 2.24. The Hall–Kier alpha value is -0.860. The molecule has 1 aromatic carbocycles. The first-order valence-electron chi connectivity index (χ1n) is 6.55. The summed E-state index contributed by atoms with van der Waals surface area (Å²) >= 11 is 0. The summed E-state index contributed by atoms with van der Waals surface area (Å²) in [7, 11) is 0. The molecule has 0 saturated heterocycles. The number of aliphatic hydroxyl groups excluding tert-OH is 1. The zero-order chi connectivity index (χ0) is 12.8. The number of unbranched alkanes of at least 4 members (excludes halogenated alkanes) is 1. The molecule has 96 valence electrons. The fraction of sp³-hybridized carbons (Fsp3) is 0.600. The van der Waals surface area contributed by atoms with Crippen LogP contribution in [0.5, 0.6) is 0 Å². The second-order valence-corrected chi connectivity index (χ2v) is 4.90. The number of hydrogen-bond donors (Lipinski definition) is 2. The topological polar surface area (TPSA) is 46.2 Å². The molecule has 17 heavy (non-hydrogen) atoms. The normalized spacial score (nSPS) is 14.6.